The number of hydrogen-bond acceptors (Lipinski definition) is 4. The van der Waals surface area contributed by atoms with Gasteiger partial charge in [0, 0.05) is 12.0 Å². The first-order valence-corrected chi connectivity index (χ1v) is 9.60. The summed E-state index contributed by atoms with van der Waals surface area (Å²) in [7, 11) is 0. The Bertz CT molecular complexity index is 694. The van der Waals surface area contributed by atoms with E-state index in [1.54, 1.807) is 19.9 Å². The number of benzene rings is 1. The summed E-state index contributed by atoms with van der Waals surface area (Å²) in [6.07, 6.45) is 6.40. The summed E-state index contributed by atoms with van der Waals surface area (Å²) < 4.78 is 5.34. The van der Waals surface area contributed by atoms with Crippen molar-refractivity contribution in [3.63, 3.8) is 0 Å². The number of piperidine rings is 1. The molecule has 0 radical (unpaired) electrons. The van der Waals surface area contributed by atoms with Gasteiger partial charge in [-0.25, -0.2) is 4.79 Å². The maximum Gasteiger partial charge on any atom is 0.329 e. The number of likely N-dealkylation sites (tertiary alicyclic amines) is 1. The average Bonchev–Trinajstić information content (AvgIpc) is 2.70. The molecule has 0 bridgehead atoms. The summed E-state index contributed by atoms with van der Waals surface area (Å²) in [5.41, 5.74) is 0.303. The van der Waals surface area contributed by atoms with Gasteiger partial charge in [-0.1, -0.05) is 57.2 Å². The predicted molar refractivity (Wildman–Crippen MR) is 105 cm³/mol. The van der Waals surface area contributed by atoms with E-state index in [1.807, 2.05) is 43.3 Å². The van der Waals surface area contributed by atoms with Crippen LogP contribution < -0.4 is 0 Å². The predicted octanol–water partition coefficient (Wildman–Crippen LogP) is 3.63. The van der Waals surface area contributed by atoms with Gasteiger partial charge < -0.3 is 9.64 Å². The van der Waals surface area contributed by atoms with E-state index in [-0.39, 0.29) is 6.61 Å². The zero-order chi connectivity index (χ0) is 19.9. The molecule has 1 heterocycles. The Morgan fingerprint density at radius 2 is 1.89 bits per heavy atom. The highest BCUT2D eigenvalue weighted by Crippen LogP contribution is 2.25. The number of carbonyl (C=O) groups is 3. The van der Waals surface area contributed by atoms with Crippen LogP contribution in [0.3, 0.4) is 0 Å². The molecular formula is C22H29NO4. The van der Waals surface area contributed by atoms with Gasteiger partial charge in [0.05, 0.1) is 0 Å². The van der Waals surface area contributed by atoms with Crippen LogP contribution in [0.2, 0.25) is 0 Å². The number of ketones is 1. The van der Waals surface area contributed by atoms with Gasteiger partial charge in [0.15, 0.2) is 0 Å². The molecule has 5 heteroatoms. The molecule has 0 saturated carbocycles. The summed E-state index contributed by atoms with van der Waals surface area (Å²) in [6, 6.07) is 9.06. The monoisotopic (exact) mass is 371 g/mol. The molecule has 0 unspecified atom stereocenters. The quantitative estimate of drug-likeness (QED) is 0.542. The standard InChI is InChI=1S/C22H29NO4/c1-4-22(2,3)19(24)20(25)23-15-9-8-14-18(23)21(26)27-16-10-13-17-11-6-5-7-12-17/h5-7,10-13,18H,4,8-9,14-16H2,1-3H3/b13-10+/t18-/m0/s1. The minimum atomic E-state index is -0.721. The molecule has 1 aliphatic rings. The molecule has 5 nitrogen and oxygen atoms in total. The van der Waals surface area contributed by atoms with E-state index in [9.17, 15) is 14.4 Å². The number of nitrogens with zero attached hydrogens (tertiary/aromatic N) is 1. The SMILES string of the molecule is CCC(C)(C)C(=O)C(=O)N1CCCC[C@H]1C(=O)OC/C=C/c1ccccc1. The van der Waals surface area contributed by atoms with Crippen LogP contribution in [0.5, 0.6) is 0 Å². The van der Waals surface area contributed by atoms with Crippen molar-refractivity contribution < 1.29 is 19.1 Å². The average molecular weight is 371 g/mol. The number of Topliss-reactive ketones (excluding diaryl/α,β-unsaturated/α-hetero) is 1. The Balaban J connectivity index is 1.97. The molecule has 1 aromatic carbocycles. The number of rotatable bonds is 7. The summed E-state index contributed by atoms with van der Waals surface area (Å²) in [4.78, 5) is 39.1. The highest BCUT2D eigenvalue weighted by Gasteiger charge is 2.40. The van der Waals surface area contributed by atoms with Gasteiger partial charge in [-0.2, -0.15) is 0 Å². The maximum atomic E-state index is 12.7. The van der Waals surface area contributed by atoms with Crippen molar-refractivity contribution in [2.45, 2.75) is 52.5 Å². The van der Waals surface area contributed by atoms with Gasteiger partial charge in [0.2, 0.25) is 5.78 Å². The Morgan fingerprint density at radius 3 is 2.56 bits per heavy atom. The van der Waals surface area contributed by atoms with Crippen LogP contribution in [-0.2, 0) is 19.1 Å². The van der Waals surface area contributed by atoms with E-state index in [4.69, 9.17) is 4.74 Å². The van der Waals surface area contributed by atoms with Crippen molar-refractivity contribution in [2.24, 2.45) is 5.41 Å². The van der Waals surface area contributed by atoms with Crippen LogP contribution in [0.25, 0.3) is 6.08 Å². The van der Waals surface area contributed by atoms with Gasteiger partial charge in [-0.3, -0.25) is 9.59 Å². The Kier molecular flexibility index (Phi) is 7.34. The molecule has 1 saturated heterocycles. The van der Waals surface area contributed by atoms with Crippen molar-refractivity contribution in [3.05, 3.63) is 42.0 Å². The topological polar surface area (TPSA) is 63.7 Å². The second kappa shape index (κ2) is 9.49. The third-order valence-corrected chi connectivity index (χ3v) is 5.16. The molecular weight excluding hydrogens is 342 g/mol. The second-order valence-electron chi connectivity index (χ2n) is 7.52. The Hall–Kier alpha value is -2.43. The lowest BCUT2D eigenvalue weighted by molar-refractivity contribution is -0.160. The van der Waals surface area contributed by atoms with E-state index in [1.165, 1.54) is 4.90 Å². The molecule has 1 fully saturated rings. The fraction of sp³-hybridized carbons (Fsp3) is 0.500. The maximum absolute atomic E-state index is 12.7. The molecule has 2 rings (SSSR count). The van der Waals surface area contributed by atoms with E-state index in [0.29, 0.717) is 19.4 Å². The largest absolute Gasteiger partial charge is 0.460 e. The fourth-order valence-corrected chi connectivity index (χ4v) is 2.97. The van der Waals surface area contributed by atoms with Crippen molar-refractivity contribution >= 4 is 23.7 Å². The van der Waals surface area contributed by atoms with Crippen LogP contribution in [0.15, 0.2) is 36.4 Å². The van der Waals surface area contributed by atoms with Crippen molar-refractivity contribution in [1.29, 1.82) is 0 Å². The molecule has 1 aliphatic heterocycles. The number of ether oxygens (including phenoxy) is 1. The summed E-state index contributed by atoms with van der Waals surface area (Å²) >= 11 is 0. The lowest BCUT2D eigenvalue weighted by Gasteiger charge is -2.35. The smallest absolute Gasteiger partial charge is 0.329 e. The van der Waals surface area contributed by atoms with E-state index in [2.05, 4.69) is 0 Å². The van der Waals surface area contributed by atoms with Crippen LogP contribution in [-0.4, -0.2) is 41.8 Å². The normalized spacial score (nSPS) is 17.7. The first-order chi connectivity index (χ1) is 12.9. The molecule has 0 aliphatic carbocycles. The van der Waals surface area contributed by atoms with Gasteiger partial charge >= 0.3 is 5.97 Å². The molecule has 1 aromatic rings. The van der Waals surface area contributed by atoms with Crippen molar-refractivity contribution in [2.75, 3.05) is 13.2 Å². The lowest BCUT2D eigenvalue weighted by Crippen LogP contribution is -2.53. The summed E-state index contributed by atoms with van der Waals surface area (Å²) in [5, 5.41) is 0. The number of esters is 1. The second-order valence-corrected chi connectivity index (χ2v) is 7.52. The zero-order valence-corrected chi connectivity index (χ0v) is 16.4. The van der Waals surface area contributed by atoms with Gasteiger partial charge in [-0.05, 0) is 37.3 Å². The Morgan fingerprint density at radius 1 is 1.19 bits per heavy atom. The third kappa shape index (κ3) is 5.52. The molecule has 146 valence electrons. The Labute approximate surface area is 161 Å². The first-order valence-electron chi connectivity index (χ1n) is 9.60. The van der Waals surface area contributed by atoms with E-state index >= 15 is 0 Å². The number of amides is 1. The van der Waals surface area contributed by atoms with Crippen molar-refractivity contribution in [3.8, 4) is 0 Å². The van der Waals surface area contributed by atoms with Crippen LogP contribution >= 0.6 is 0 Å². The van der Waals surface area contributed by atoms with Crippen LogP contribution in [0, 0.1) is 5.41 Å². The molecule has 0 aromatic heterocycles. The molecule has 0 spiro atoms. The van der Waals surface area contributed by atoms with Crippen LogP contribution in [0.1, 0.15) is 52.0 Å². The van der Waals surface area contributed by atoms with Gasteiger partial charge in [0.1, 0.15) is 12.6 Å². The highest BCUT2D eigenvalue weighted by molar-refractivity contribution is 6.38. The molecule has 1 amide bonds. The fourth-order valence-electron chi connectivity index (χ4n) is 2.97. The number of carbonyl (C=O) groups excluding carboxylic acids is 3. The summed E-state index contributed by atoms with van der Waals surface area (Å²) in [6.45, 7) is 5.97. The number of hydrogen-bond donors (Lipinski definition) is 0. The minimum absolute atomic E-state index is 0.140. The molecule has 0 N–H and O–H groups in total. The molecule has 1 atom stereocenters. The van der Waals surface area contributed by atoms with Gasteiger partial charge in [0.25, 0.3) is 5.91 Å². The minimum Gasteiger partial charge on any atom is -0.460 e. The lowest BCUT2D eigenvalue weighted by atomic mass is 9.84. The summed E-state index contributed by atoms with van der Waals surface area (Å²) in [5.74, 6) is -1.44. The highest BCUT2D eigenvalue weighted by atomic mass is 16.5. The van der Waals surface area contributed by atoms with Crippen molar-refractivity contribution in [1.82, 2.24) is 4.90 Å². The van der Waals surface area contributed by atoms with Crippen LogP contribution in [0.4, 0.5) is 0 Å². The van der Waals surface area contributed by atoms with E-state index in [0.717, 1.165) is 18.4 Å². The first kappa shape index (κ1) is 20.9. The third-order valence-electron chi connectivity index (χ3n) is 5.16. The van der Waals surface area contributed by atoms with E-state index < -0.39 is 29.1 Å². The zero-order valence-electron chi connectivity index (χ0n) is 16.4. The molecule has 27 heavy (non-hydrogen) atoms. The van der Waals surface area contributed by atoms with Gasteiger partial charge in [-0.15, -0.1) is 0 Å².